The Morgan fingerprint density at radius 2 is 1.83 bits per heavy atom. The largest absolute Gasteiger partial charge is 0.417 e. The highest BCUT2D eigenvalue weighted by molar-refractivity contribution is 5.62. The van der Waals surface area contributed by atoms with Crippen molar-refractivity contribution in [3.05, 3.63) is 41.5 Å². The number of nitrogens with one attached hydrogen (secondary N) is 2. The predicted molar refractivity (Wildman–Crippen MR) is 105 cm³/mol. The third-order valence-corrected chi connectivity index (χ3v) is 5.39. The average Bonchev–Trinajstić information content (AvgIpc) is 2.76. The summed E-state index contributed by atoms with van der Waals surface area (Å²) in [4.78, 5) is 10.2. The maximum atomic E-state index is 15.4. The van der Waals surface area contributed by atoms with Gasteiger partial charge in [-0.25, -0.2) is 14.4 Å². The number of hydrogen-bond donors (Lipinski definition) is 2. The van der Waals surface area contributed by atoms with Crippen LogP contribution in [-0.2, 0) is 10.9 Å². The number of aromatic nitrogens is 2. The fourth-order valence-electron chi connectivity index (χ4n) is 3.77. The molecular formula is C20H23F4N5O. The van der Waals surface area contributed by atoms with Crippen molar-refractivity contribution in [1.29, 1.82) is 0 Å². The van der Waals surface area contributed by atoms with E-state index in [0.29, 0.717) is 43.5 Å². The summed E-state index contributed by atoms with van der Waals surface area (Å²) in [7, 11) is 0. The summed E-state index contributed by atoms with van der Waals surface area (Å²) in [5.41, 5.74) is -0.0179. The first-order chi connectivity index (χ1) is 14.4. The van der Waals surface area contributed by atoms with Crippen LogP contribution in [0.3, 0.4) is 0 Å². The number of pyridine rings is 2. The van der Waals surface area contributed by atoms with E-state index in [-0.39, 0.29) is 17.6 Å². The van der Waals surface area contributed by atoms with Gasteiger partial charge in [0, 0.05) is 31.3 Å². The highest BCUT2D eigenvalue weighted by atomic mass is 19.4. The van der Waals surface area contributed by atoms with Gasteiger partial charge in [0.15, 0.2) is 5.82 Å². The summed E-state index contributed by atoms with van der Waals surface area (Å²) in [6.45, 7) is 3.71. The van der Waals surface area contributed by atoms with Crippen LogP contribution in [0.1, 0.15) is 30.0 Å². The zero-order valence-electron chi connectivity index (χ0n) is 16.3. The predicted octanol–water partition coefficient (Wildman–Crippen LogP) is 3.68. The van der Waals surface area contributed by atoms with E-state index in [2.05, 4.69) is 20.6 Å². The molecule has 2 aliphatic rings. The Labute approximate surface area is 171 Å². The lowest BCUT2D eigenvalue weighted by Gasteiger charge is -2.31. The van der Waals surface area contributed by atoms with Crippen LogP contribution in [0.15, 0.2) is 24.4 Å². The smallest absolute Gasteiger partial charge is 0.378 e. The molecule has 162 valence electrons. The zero-order valence-corrected chi connectivity index (χ0v) is 16.3. The molecule has 10 heteroatoms. The lowest BCUT2D eigenvalue weighted by atomic mass is 9.93. The average molecular weight is 425 g/mol. The van der Waals surface area contributed by atoms with Crippen LogP contribution in [0, 0.1) is 5.82 Å². The molecule has 0 spiro atoms. The molecule has 2 saturated heterocycles. The number of piperidine rings is 1. The van der Waals surface area contributed by atoms with Crippen molar-refractivity contribution in [2.75, 3.05) is 49.6 Å². The highest BCUT2D eigenvalue weighted by Crippen LogP contribution is 2.34. The standard InChI is InChI=1S/C20H23F4N5O/c21-18-15(29-7-9-30-10-8-29)11-17(28-19(18)13-3-5-25-6-4-13)27-16-2-1-14(12-26-16)20(22,23)24/h1-2,11-13,25H,3-10H2,(H,26,27,28). The second kappa shape index (κ2) is 8.73. The fourth-order valence-corrected chi connectivity index (χ4v) is 3.77. The minimum Gasteiger partial charge on any atom is -0.378 e. The van der Waals surface area contributed by atoms with Crippen LogP contribution in [-0.4, -0.2) is 49.4 Å². The van der Waals surface area contributed by atoms with E-state index in [0.717, 1.165) is 38.2 Å². The van der Waals surface area contributed by atoms with Crippen LogP contribution in [0.4, 0.5) is 34.9 Å². The topological polar surface area (TPSA) is 62.3 Å². The summed E-state index contributed by atoms with van der Waals surface area (Å²) < 4.78 is 59.1. The van der Waals surface area contributed by atoms with E-state index >= 15 is 4.39 Å². The third-order valence-electron chi connectivity index (χ3n) is 5.39. The minimum absolute atomic E-state index is 0.0200. The third kappa shape index (κ3) is 4.65. The molecular weight excluding hydrogens is 402 g/mol. The van der Waals surface area contributed by atoms with Crippen LogP contribution in [0.5, 0.6) is 0 Å². The molecule has 2 aromatic rings. The molecule has 0 radical (unpaired) electrons. The van der Waals surface area contributed by atoms with Crippen LogP contribution < -0.4 is 15.5 Å². The quantitative estimate of drug-likeness (QED) is 0.729. The molecule has 0 aliphatic carbocycles. The van der Waals surface area contributed by atoms with Crippen LogP contribution in [0.25, 0.3) is 0 Å². The number of morpholine rings is 1. The zero-order chi connectivity index (χ0) is 21.1. The van der Waals surface area contributed by atoms with Gasteiger partial charge < -0.3 is 20.3 Å². The number of halogens is 4. The van der Waals surface area contributed by atoms with Crippen molar-refractivity contribution in [1.82, 2.24) is 15.3 Å². The van der Waals surface area contributed by atoms with E-state index in [1.165, 1.54) is 6.07 Å². The summed E-state index contributed by atoms with van der Waals surface area (Å²) in [6.07, 6.45) is -2.14. The SMILES string of the molecule is Fc1c(N2CCOCC2)cc(Nc2ccc(C(F)(F)F)cn2)nc1C1CCNCC1. The summed E-state index contributed by atoms with van der Waals surface area (Å²) in [5.74, 6) is 0.216. The Balaban J connectivity index is 1.65. The van der Waals surface area contributed by atoms with Gasteiger partial charge >= 0.3 is 6.18 Å². The van der Waals surface area contributed by atoms with E-state index in [1.54, 1.807) is 6.07 Å². The number of anilines is 3. The van der Waals surface area contributed by atoms with E-state index < -0.39 is 11.7 Å². The molecule has 4 heterocycles. The second-order valence-corrected chi connectivity index (χ2v) is 7.40. The molecule has 2 N–H and O–H groups in total. The van der Waals surface area contributed by atoms with Gasteiger partial charge in [-0.05, 0) is 38.1 Å². The Morgan fingerprint density at radius 1 is 1.10 bits per heavy atom. The second-order valence-electron chi connectivity index (χ2n) is 7.40. The monoisotopic (exact) mass is 425 g/mol. The molecule has 0 unspecified atom stereocenters. The Hall–Kier alpha value is -2.46. The number of rotatable bonds is 4. The van der Waals surface area contributed by atoms with Gasteiger partial charge in [0.25, 0.3) is 0 Å². The molecule has 0 aromatic carbocycles. The van der Waals surface area contributed by atoms with Gasteiger partial charge in [-0.1, -0.05) is 0 Å². The summed E-state index contributed by atoms with van der Waals surface area (Å²) >= 11 is 0. The summed E-state index contributed by atoms with van der Waals surface area (Å²) in [5, 5.41) is 6.20. The van der Waals surface area contributed by atoms with Gasteiger partial charge in [-0.3, -0.25) is 0 Å². The van der Waals surface area contributed by atoms with Crippen molar-refractivity contribution >= 4 is 17.3 Å². The van der Waals surface area contributed by atoms with E-state index in [4.69, 9.17) is 4.74 Å². The maximum Gasteiger partial charge on any atom is 0.417 e. The van der Waals surface area contributed by atoms with Gasteiger partial charge in [-0.2, -0.15) is 13.2 Å². The minimum atomic E-state index is -4.45. The Kier molecular flexibility index (Phi) is 6.05. The molecule has 4 rings (SSSR count). The summed E-state index contributed by atoms with van der Waals surface area (Å²) in [6, 6.07) is 3.78. The van der Waals surface area contributed by atoms with Crippen molar-refractivity contribution in [2.45, 2.75) is 24.9 Å². The van der Waals surface area contributed by atoms with Gasteiger partial charge in [0.1, 0.15) is 11.6 Å². The maximum absolute atomic E-state index is 15.4. The van der Waals surface area contributed by atoms with Gasteiger partial charge in [-0.15, -0.1) is 0 Å². The first-order valence-corrected chi connectivity index (χ1v) is 9.96. The van der Waals surface area contributed by atoms with Crippen LogP contribution in [0.2, 0.25) is 0 Å². The van der Waals surface area contributed by atoms with Crippen molar-refractivity contribution in [2.24, 2.45) is 0 Å². The first kappa shape index (κ1) is 20.8. The molecule has 0 atom stereocenters. The highest BCUT2D eigenvalue weighted by Gasteiger charge is 2.31. The number of ether oxygens (including phenoxy) is 1. The molecule has 6 nitrogen and oxygen atoms in total. The number of nitrogens with zero attached hydrogens (tertiary/aromatic N) is 3. The molecule has 2 aliphatic heterocycles. The fraction of sp³-hybridized carbons (Fsp3) is 0.500. The van der Waals surface area contributed by atoms with Crippen molar-refractivity contribution in [3.63, 3.8) is 0 Å². The van der Waals surface area contributed by atoms with Gasteiger partial charge in [0.05, 0.1) is 30.2 Å². The van der Waals surface area contributed by atoms with Crippen LogP contribution >= 0.6 is 0 Å². The van der Waals surface area contributed by atoms with E-state index in [9.17, 15) is 13.2 Å². The molecule has 0 bridgehead atoms. The molecule has 2 fully saturated rings. The first-order valence-electron chi connectivity index (χ1n) is 9.96. The lowest BCUT2D eigenvalue weighted by Crippen LogP contribution is -2.37. The van der Waals surface area contributed by atoms with E-state index in [1.807, 2.05) is 4.90 Å². The Morgan fingerprint density at radius 3 is 2.47 bits per heavy atom. The number of alkyl halides is 3. The molecule has 0 amide bonds. The van der Waals surface area contributed by atoms with Crippen molar-refractivity contribution in [3.8, 4) is 0 Å². The molecule has 30 heavy (non-hydrogen) atoms. The normalized spacial score (nSPS) is 18.5. The van der Waals surface area contributed by atoms with Gasteiger partial charge in [0.2, 0.25) is 0 Å². The molecule has 2 aromatic heterocycles. The lowest BCUT2D eigenvalue weighted by molar-refractivity contribution is -0.137. The molecule has 0 saturated carbocycles. The van der Waals surface area contributed by atoms with Crippen molar-refractivity contribution < 1.29 is 22.3 Å². The number of hydrogen-bond acceptors (Lipinski definition) is 6. The Bertz CT molecular complexity index is 823.